The number of hydrogen-bond donors (Lipinski definition) is 3. The van der Waals surface area contributed by atoms with E-state index in [1.54, 1.807) is 24.3 Å². The zero-order chi connectivity index (χ0) is 24.7. The molecular weight excluding hydrogens is 436 g/mol. The number of amides is 2. The monoisotopic (exact) mass is 468 g/mol. The molecule has 0 unspecified atom stereocenters. The highest BCUT2D eigenvalue weighted by Crippen LogP contribution is 2.30. The molecule has 0 saturated carbocycles. The summed E-state index contributed by atoms with van der Waals surface area (Å²) < 4.78 is 10.2. The van der Waals surface area contributed by atoms with Gasteiger partial charge in [-0.1, -0.05) is 19.9 Å². The molecule has 0 atom stereocenters. The molecule has 34 heavy (non-hydrogen) atoms. The molecule has 9 heteroatoms. The van der Waals surface area contributed by atoms with Crippen molar-refractivity contribution in [3.63, 3.8) is 0 Å². The van der Waals surface area contributed by atoms with Crippen molar-refractivity contribution in [3.8, 4) is 17.0 Å². The third-order valence-electron chi connectivity index (χ3n) is 5.62. The molecule has 1 aliphatic rings. The molecule has 182 valence electrons. The van der Waals surface area contributed by atoms with Gasteiger partial charge in [0.25, 0.3) is 11.8 Å². The Kier molecular flexibility index (Phi) is 8.59. The predicted octanol–water partition coefficient (Wildman–Crippen LogP) is 2.41. The number of benzene rings is 1. The van der Waals surface area contributed by atoms with E-state index in [0.717, 1.165) is 25.9 Å². The Hall–Kier alpha value is -3.46. The van der Waals surface area contributed by atoms with Crippen LogP contribution < -0.4 is 20.7 Å². The minimum absolute atomic E-state index is 0.0294. The van der Waals surface area contributed by atoms with Crippen LogP contribution in [0.5, 0.6) is 5.88 Å². The Bertz CT molecular complexity index is 1050. The van der Waals surface area contributed by atoms with Gasteiger partial charge in [0.05, 0.1) is 19.8 Å². The number of nitrogens with zero attached hydrogens (tertiary/aromatic N) is 1. The Morgan fingerprint density at radius 1 is 1.06 bits per heavy atom. The second-order valence-corrected chi connectivity index (χ2v) is 8.60. The average Bonchev–Trinajstić information content (AvgIpc) is 2.86. The van der Waals surface area contributed by atoms with Crippen LogP contribution in [-0.2, 0) is 4.74 Å². The molecule has 1 aromatic carbocycles. The normalized spacial score (nSPS) is 13.9. The molecule has 0 aliphatic carbocycles. The first-order chi connectivity index (χ1) is 16.3. The van der Waals surface area contributed by atoms with Crippen LogP contribution in [0, 0.1) is 5.92 Å². The van der Waals surface area contributed by atoms with E-state index >= 15 is 0 Å². The molecule has 2 heterocycles. The number of pyridine rings is 1. The van der Waals surface area contributed by atoms with Crippen LogP contribution >= 0.6 is 0 Å². The third kappa shape index (κ3) is 6.11. The number of carbonyl (C=O) groups excluding carboxylic acids is 3. The van der Waals surface area contributed by atoms with Gasteiger partial charge in [-0.3, -0.25) is 9.59 Å². The minimum Gasteiger partial charge on any atom is -0.481 e. The zero-order valence-corrected chi connectivity index (χ0v) is 20.1. The lowest BCUT2D eigenvalue weighted by Crippen LogP contribution is -2.43. The number of hydrogen-bond acceptors (Lipinski definition) is 7. The van der Waals surface area contributed by atoms with Crippen molar-refractivity contribution < 1.29 is 23.9 Å². The van der Waals surface area contributed by atoms with Crippen molar-refractivity contribution in [2.75, 3.05) is 33.9 Å². The number of rotatable bonds is 8. The first-order valence-corrected chi connectivity index (χ1v) is 11.4. The molecule has 0 radical (unpaired) electrons. The molecule has 2 aromatic rings. The van der Waals surface area contributed by atoms with Gasteiger partial charge in [-0.15, -0.1) is 0 Å². The van der Waals surface area contributed by atoms with Crippen LogP contribution in [0.4, 0.5) is 0 Å². The first-order valence-electron chi connectivity index (χ1n) is 11.4. The van der Waals surface area contributed by atoms with Crippen LogP contribution in [0.15, 0.2) is 30.3 Å². The number of carbonyl (C=O) groups is 3. The molecule has 0 bridgehead atoms. The summed E-state index contributed by atoms with van der Waals surface area (Å²) in [5.74, 6) is -0.690. The number of ether oxygens (including phenoxy) is 2. The summed E-state index contributed by atoms with van der Waals surface area (Å²) >= 11 is 0. The number of methoxy groups -OCH3 is 2. The van der Waals surface area contributed by atoms with Gasteiger partial charge in [-0.25, -0.2) is 9.78 Å². The highest BCUT2D eigenvalue weighted by Gasteiger charge is 2.24. The molecule has 3 rings (SSSR count). The Morgan fingerprint density at radius 3 is 2.41 bits per heavy atom. The minimum atomic E-state index is -0.617. The van der Waals surface area contributed by atoms with E-state index in [1.165, 1.54) is 20.3 Å². The standard InChI is InChI=1S/C25H32N4O5/c1-15(2)14-27-23(30)16-5-6-18(20(13-16)25(32)34-4)19-7-8-21(33-3)29-22(19)24(31)28-17-9-11-26-12-10-17/h5-8,13,15,17,26H,9-12,14H2,1-4H3,(H,27,30)(H,28,31). The second-order valence-electron chi connectivity index (χ2n) is 8.60. The molecule has 1 aliphatic heterocycles. The Balaban J connectivity index is 2.02. The van der Waals surface area contributed by atoms with E-state index < -0.39 is 5.97 Å². The van der Waals surface area contributed by atoms with Crippen molar-refractivity contribution in [1.82, 2.24) is 20.9 Å². The first kappa shape index (κ1) is 25.2. The SMILES string of the molecule is COC(=O)c1cc(C(=O)NCC(C)C)ccc1-c1ccc(OC)nc1C(=O)NC1CCNCC1. The van der Waals surface area contributed by atoms with Gasteiger partial charge >= 0.3 is 5.97 Å². The molecule has 2 amide bonds. The van der Waals surface area contributed by atoms with E-state index in [0.29, 0.717) is 23.2 Å². The molecule has 0 spiro atoms. The Morgan fingerprint density at radius 2 is 1.76 bits per heavy atom. The molecule has 9 nitrogen and oxygen atoms in total. The average molecular weight is 469 g/mol. The highest BCUT2D eigenvalue weighted by atomic mass is 16.5. The van der Waals surface area contributed by atoms with Gasteiger partial charge in [0.2, 0.25) is 5.88 Å². The van der Waals surface area contributed by atoms with Crippen LogP contribution in [0.25, 0.3) is 11.1 Å². The summed E-state index contributed by atoms with van der Waals surface area (Å²) in [5, 5.41) is 9.15. The van der Waals surface area contributed by atoms with E-state index in [2.05, 4.69) is 20.9 Å². The number of nitrogens with one attached hydrogen (secondary N) is 3. The smallest absolute Gasteiger partial charge is 0.338 e. The van der Waals surface area contributed by atoms with E-state index in [9.17, 15) is 14.4 Å². The summed E-state index contributed by atoms with van der Waals surface area (Å²) in [6, 6.07) is 8.08. The van der Waals surface area contributed by atoms with Gasteiger partial charge in [-0.2, -0.15) is 0 Å². The molecule has 1 saturated heterocycles. The summed E-state index contributed by atoms with van der Waals surface area (Å²) in [6.45, 7) is 6.16. The molecule has 1 aromatic heterocycles. The maximum absolute atomic E-state index is 13.2. The van der Waals surface area contributed by atoms with Crippen LogP contribution in [0.3, 0.4) is 0 Å². The number of piperidine rings is 1. The van der Waals surface area contributed by atoms with Crippen molar-refractivity contribution >= 4 is 17.8 Å². The maximum Gasteiger partial charge on any atom is 0.338 e. The van der Waals surface area contributed by atoms with Crippen LogP contribution in [0.2, 0.25) is 0 Å². The molecule has 3 N–H and O–H groups in total. The van der Waals surface area contributed by atoms with Crippen LogP contribution in [0.1, 0.15) is 57.9 Å². The second kappa shape index (κ2) is 11.6. The number of aromatic nitrogens is 1. The Labute approximate surface area is 199 Å². The summed E-state index contributed by atoms with van der Waals surface area (Å²) in [6.07, 6.45) is 1.64. The predicted molar refractivity (Wildman–Crippen MR) is 128 cm³/mol. The van der Waals surface area contributed by atoms with Crippen molar-refractivity contribution in [2.45, 2.75) is 32.7 Å². The lowest BCUT2D eigenvalue weighted by molar-refractivity contribution is 0.0601. The quantitative estimate of drug-likeness (QED) is 0.509. The third-order valence-corrected chi connectivity index (χ3v) is 5.62. The largest absolute Gasteiger partial charge is 0.481 e. The zero-order valence-electron chi connectivity index (χ0n) is 20.1. The fourth-order valence-corrected chi connectivity index (χ4v) is 3.76. The highest BCUT2D eigenvalue weighted by molar-refractivity contribution is 6.06. The topological polar surface area (TPSA) is 119 Å². The maximum atomic E-state index is 13.2. The van der Waals surface area contributed by atoms with Gasteiger partial charge in [-0.05, 0) is 55.6 Å². The van der Waals surface area contributed by atoms with Crippen LogP contribution in [-0.4, -0.2) is 62.7 Å². The lowest BCUT2D eigenvalue weighted by atomic mass is 9.95. The van der Waals surface area contributed by atoms with E-state index in [-0.39, 0.29) is 40.9 Å². The van der Waals surface area contributed by atoms with Gasteiger partial charge in [0.15, 0.2) is 0 Å². The van der Waals surface area contributed by atoms with Crippen molar-refractivity contribution in [2.24, 2.45) is 5.92 Å². The van der Waals surface area contributed by atoms with E-state index in [4.69, 9.17) is 9.47 Å². The van der Waals surface area contributed by atoms with Gasteiger partial charge < -0.3 is 25.4 Å². The van der Waals surface area contributed by atoms with E-state index in [1.807, 2.05) is 13.8 Å². The number of esters is 1. The van der Waals surface area contributed by atoms with Gasteiger partial charge in [0, 0.05) is 29.8 Å². The molecular formula is C25H32N4O5. The molecule has 1 fully saturated rings. The lowest BCUT2D eigenvalue weighted by Gasteiger charge is -2.24. The van der Waals surface area contributed by atoms with Crippen molar-refractivity contribution in [3.05, 3.63) is 47.2 Å². The summed E-state index contributed by atoms with van der Waals surface area (Å²) in [7, 11) is 2.75. The summed E-state index contributed by atoms with van der Waals surface area (Å²) in [4.78, 5) is 42.8. The fourth-order valence-electron chi connectivity index (χ4n) is 3.76. The van der Waals surface area contributed by atoms with Crippen molar-refractivity contribution in [1.29, 1.82) is 0 Å². The van der Waals surface area contributed by atoms with Gasteiger partial charge in [0.1, 0.15) is 5.69 Å². The fraction of sp³-hybridized carbons (Fsp3) is 0.440. The summed E-state index contributed by atoms with van der Waals surface area (Å²) in [5.41, 5.74) is 1.52.